The summed E-state index contributed by atoms with van der Waals surface area (Å²) in [6, 6.07) is 14.5. The molecule has 2 amide bonds. The van der Waals surface area contributed by atoms with Crippen LogP contribution in [0.5, 0.6) is 5.75 Å². The van der Waals surface area contributed by atoms with Gasteiger partial charge in [0.25, 0.3) is 5.91 Å². The first kappa shape index (κ1) is 20.2. The Kier molecular flexibility index (Phi) is 6.25. The lowest BCUT2D eigenvalue weighted by Crippen LogP contribution is -2.51. The highest BCUT2D eigenvalue weighted by Crippen LogP contribution is 2.31. The maximum Gasteiger partial charge on any atom is 0.253 e. The number of likely N-dealkylation sites (tertiary alicyclic amines) is 1. The summed E-state index contributed by atoms with van der Waals surface area (Å²) in [7, 11) is 1.62. The van der Waals surface area contributed by atoms with Crippen LogP contribution in [0, 0.1) is 5.41 Å². The first-order chi connectivity index (χ1) is 13.4. The molecular formula is C22H25ClN2O3. The van der Waals surface area contributed by atoms with Gasteiger partial charge in [-0.25, -0.2) is 0 Å². The van der Waals surface area contributed by atoms with Crippen LogP contribution in [0.2, 0.25) is 5.02 Å². The molecule has 3 rings (SSSR count). The maximum atomic E-state index is 12.9. The monoisotopic (exact) mass is 400 g/mol. The molecule has 148 valence electrons. The summed E-state index contributed by atoms with van der Waals surface area (Å²) < 4.78 is 5.15. The van der Waals surface area contributed by atoms with Crippen molar-refractivity contribution < 1.29 is 14.3 Å². The molecule has 6 heteroatoms. The van der Waals surface area contributed by atoms with Gasteiger partial charge in [0, 0.05) is 30.2 Å². The smallest absolute Gasteiger partial charge is 0.253 e. The highest BCUT2D eigenvalue weighted by molar-refractivity contribution is 6.30. The summed E-state index contributed by atoms with van der Waals surface area (Å²) in [4.78, 5) is 27.5. The van der Waals surface area contributed by atoms with Crippen LogP contribution in [-0.4, -0.2) is 36.9 Å². The maximum absolute atomic E-state index is 12.9. The number of hydrogen-bond acceptors (Lipinski definition) is 3. The first-order valence-electron chi connectivity index (χ1n) is 9.37. The molecule has 1 aliphatic heterocycles. The van der Waals surface area contributed by atoms with E-state index in [-0.39, 0.29) is 11.8 Å². The fraction of sp³-hybridized carbons (Fsp3) is 0.364. The van der Waals surface area contributed by atoms with E-state index >= 15 is 0 Å². The third kappa shape index (κ3) is 4.65. The highest BCUT2D eigenvalue weighted by atomic mass is 35.5. The van der Waals surface area contributed by atoms with Crippen molar-refractivity contribution in [3.8, 4) is 5.75 Å². The molecule has 5 nitrogen and oxygen atoms in total. The van der Waals surface area contributed by atoms with Gasteiger partial charge in [0.1, 0.15) is 5.75 Å². The zero-order valence-corrected chi connectivity index (χ0v) is 17.0. The van der Waals surface area contributed by atoms with E-state index in [1.807, 2.05) is 31.2 Å². The Bertz CT molecular complexity index is 853. The summed E-state index contributed by atoms with van der Waals surface area (Å²) in [5.74, 6) is 0.660. The summed E-state index contributed by atoms with van der Waals surface area (Å²) in [5.41, 5.74) is 0.940. The number of methoxy groups -OCH3 is 1. The minimum Gasteiger partial charge on any atom is -0.497 e. The molecule has 1 N–H and O–H groups in total. The van der Waals surface area contributed by atoms with Crippen LogP contribution >= 0.6 is 11.6 Å². The van der Waals surface area contributed by atoms with Crippen LogP contribution in [0.3, 0.4) is 0 Å². The van der Waals surface area contributed by atoms with E-state index in [4.69, 9.17) is 16.3 Å². The van der Waals surface area contributed by atoms with Crippen LogP contribution in [0.4, 0.5) is 0 Å². The van der Waals surface area contributed by atoms with E-state index in [1.165, 1.54) is 0 Å². The lowest BCUT2D eigenvalue weighted by atomic mass is 9.80. The molecule has 28 heavy (non-hydrogen) atoms. The van der Waals surface area contributed by atoms with Crippen LogP contribution in [0.15, 0.2) is 48.5 Å². The number of piperidine rings is 1. The number of nitrogens with one attached hydrogen (secondary N) is 1. The van der Waals surface area contributed by atoms with Gasteiger partial charge in [-0.2, -0.15) is 0 Å². The molecule has 2 aromatic carbocycles. The predicted octanol–water partition coefficient (Wildman–Crippen LogP) is 3.91. The van der Waals surface area contributed by atoms with Gasteiger partial charge < -0.3 is 15.0 Å². The number of halogens is 1. The molecule has 0 aromatic heterocycles. The molecule has 0 spiro atoms. The minimum atomic E-state index is -0.612. The van der Waals surface area contributed by atoms with Gasteiger partial charge in [0.15, 0.2) is 0 Å². The predicted molar refractivity (Wildman–Crippen MR) is 110 cm³/mol. The molecule has 0 aliphatic carbocycles. The van der Waals surface area contributed by atoms with Crippen LogP contribution in [0.25, 0.3) is 0 Å². The summed E-state index contributed by atoms with van der Waals surface area (Å²) in [6.07, 6.45) is 1.54. The van der Waals surface area contributed by atoms with Crippen molar-refractivity contribution in [1.82, 2.24) is 10.2 Å². The minimum absolute atomic E-state index is 0.0353. The van der Waals surface area contributed by atoms with Gasteiger partial charge in [0.2, 0.25) is 5.91 Å². The fourth-order valence-corrected chi connectivity index (χ4v) is 3.73. The molecule has 0 saturated carbocycles. The first-order valence-corrected chi connectivity index (χ1v) is 9.75. The SMILES string of the molecule is COc1ccc(CNC(=O)[C@@]2(C)CCCN(C(=O)c3cccc(Cl)c3)C2)cc1. The van der Waals surface area contributed by atoms with E-state index in [9.17, 15) is 9.59 Å². The van der Waals surface area contributed by atoms with E-state index in [0.29, 0.717) is 30.2 Å². The summed E-state index contributed by atoms with van der Waals surface area (Å²) in [6.45, 7) is 3.41. The number of ether oxygens (including phenoxy) is 1. The molecule has 0 bridgehead atoms. The molecule has 1 atom stereocenters. The van der Waals surface area contributed by atoms with Gasteiger partial charge in [-0.3, -0.25) is 9.59 Å². The number of carbonyl (C=O) groups is 2. The molecule has 2 aromatic rings. The lowest BCUT2D eigenvalue weighted by molar-refractivity contribution is -0.132. The van der Waals surface area contributed by atoms with Crippen LogP contribution < -0.4 is 10.1 Å². The Balaban J connectivity index is 1.63. The molecular weight excluding hydrogens is 376 g/mol. The van der Waals surface area contributed by atoms with Crippen LogP contribution in [0.1, 0.15) is 35.7 Å². The Morgan fingerprint density at radius 2 is 1.96 bits per heavy atom. The van der Waals surface area contributed by atoms with Gasteiger partial charge in [-0.05, 0) is 55.7 Å². The Labute approximate surface area is 170 Å². The van der Waals surface area contributed by atoms with Crippen molar-refractivity contribution in [2.45, 2.75) is 26.3 Å². The van der Waals surface area contributed by atoms with Crippen molar-refractivity contribution in [3.63, 3.8) is 0 Å². The zero-order chi connectivity index (χ0) is 20.1. The lowest BCUT2D eigenvalue weighted by Gasteiger charge is -2.39. The average molecular weight is 401 g/mol. The van der Waals surface area contributed by atoms with E-state index in [0.717, 1.165) is 24.2 Å². The second-order valence-corrected chi connectivity index (χ2v) is 7.87. The third-order valence-corrected chi connectivity index (χ3v) is 5.45. The third-order valence-electron chi connectivity index (χ3n) is 5.22. The second-order valence-electron chi connectivity index (χ2n) is 7.43. The molecule has 1 fully saturated rings. The molecule has 1 heterocycles. The van der Waals surface area contributed by atoms with Gasteiger partial charge >= 0.3 is 0 Å². The quantitative estimate of drug-likeness (QED) is 0.827. The number of hydrogen-bond donors (Lipinski definition) is 1. The van der Waals surface area contributed by atoms with Gasteiger partial charge in [-0.1, -0.05) is 29.8 Å². The number of carbonyl (C=O) groups excluding carboxylic acids is 2. The van der Waals surface area contributed by atoms with E-state index in [1.54, 1.807) is 36.3 Å². The van der Waals surface area contributed by atoms with Gasteiger partial charge in [-0.15, -0.1) is 0 Å². The van der Waals surface area contributed by atoms with Crippen molar-refractivity contribution in [2.24, 2.45) is 5.41 Å². The summed E-state index contributed by atoms with van der Waals surface area (Å²) >= 11 is 6.01. The van der Waals surface area contributed by atoms with Crippen molar-refractivity contribution in [1.29, 1.82) is 0 Å². The van der Waals surface area contributed by atoms with Crippen LogP contribution in [-0.2, 0) is 11.3 Å². The largest absolute Gasteiger partial charge is 0.497 e. The molecule has 1 saturated heterocycles. The summed E-state index contributed by atoms with van der Waals surface area (Å²) in [5, 5.41) is 3.55. The topological polar surface area (TPSA) is 58.6 Å². The van der Waals surface area contributed by atoms with Crippen molar-refractivity contribution >= 4 is 23.4 Å². The molecule has 1 aliphatic rings. The fourth-order valence-electron chi connectivity index (χ4n) is 3.54. The number of benzene rings is 2. The van der Waals surface area contributed by atoms with Crippen molar-refractivity contribution in [2.75, 3.05) is 20.2 Å². The Morgan fingerprint density at radius 3 is 2.64 bits per heavy atom. The number of nitrogens with zero attached hydrogens (tertiary/aromatic N) is 1. The zero-order valence-electron chi connectivity index (χ0n) is 16.2. The van der Waals surface area contributed by atoms with Gasteiger partial charge in [0.05, 0.1) is 12.5 Å². The van der Waals surface area contributed by atoms with Crippen molar-refractivity contribution in [3.05, 3.63) is 64.7 Å². The van der Waals surface area contributed by atoms with E-state index < -0.39 is 5.41 Å². The second kappa shape index (κ2) is 8.65. The Hall–Kier alpha value is -2.53. The van der Waals surface area contributed by atoms with E-state index in [2.05, 4.69) is 5.32 Å². The highest BCUT2D eigenvalue weighted by Gasteiger charge is 2.39. The normalized spacial score (nSPS) is 19.2. The number of amides is 2. The molecule has 0 radical (unpaired) electrons. The Morgan fingerprint density at radius 1 is 1.21 bits per heavy atom. The number of rotatable bonds is 5. The standard InChI is InChI=1S/C22H25ClN2O3/c1-22(21(27)24-14-16-7-9-19(28-2)10-8-16)11-4-12-25(15-22)20(26)17-5-3-6-18(23)13-17/h3,5-10,13H,4,11-12,14-15H2,1-2H3,(H,24,27)/t22-/m0/s1. The average Bonchev–Trinajstić information content (AvgIpc) is 2.71. The molecule has 0 unspecified atom stereocenters.